The second kappa shape index (κ2) is 13.0. The number of allylic oxidation sites excluding steroid dienone is 1. The van der Waals surface area contributed by atoms with Gasteiger partial charge in [-0.2, -0.15) is 4.98 Å². The molecule has 39 heavy (non-hydrogen) atoms. The Morgan fingerprint density at radius 3 is 2.59 bits per heavy atom. The Hall–Kier alpha value is -2.88. The number of rotatable bonds is 11. The van der Waals surface area contributed by atoms with Crippen LogP contribution in [0.5, 0.6) is 11.5 Å². The van der Waals surface area contributed by atoms with Crippen molar-refractivity contribution in [2.75, 3.05) is 17.7 Å². The van der Waals surface area contributed by atoms with Gasteiger partial charge in [-0.1, -0.05) is 54.0 Å². The van der Waals surface area contributed by atoms with Crippen molar-refractivity contribution >= 4 is 46.9 Å². The summed E-state index contributed by atoms with van der Waals surface area (Å²) in [5.74, 6) is 2.15. The van der Waals surface area contributed by atoms with Crippen LogP contribution >= 0.6 is 35.0 Å². The van der Waals surface area contributed by atoms with E-state index < -0.39 is 12.0 Å². The van der Waals surface area contributed by atoms with Gasteiger partial charge < -0.3 is 19.5 Å². The number of carbonyl (C=O) groups excluding carboxylic acids is 1. The minimum Gasteiger partial charge on any atom is -0.490 e. The van der Waals surface area contributed by atoms with Crippen LogP contribution in [0.1, 0.15) is 58.2 Å². The van der Waals surface area contributed by atoms with Crippen LogP contribution in [0.25, 0.3) is 0 Å². The zero-order chi connectivity index (χ0) is 28.1. The second-order valence-corrected chi connectivity index (χ2v) is 11.1. The predicted octanol–water partition coefficient (Wildman–Crippen LogP) is 7.31. The van der Waals surface area contributed by atoms with Crippen molar-refractivity contribution in [1.29, 1.82) is 0 Å². The molecule has 4 rings (SSSR count). The monoisotopic (exact) mass is 590 g/mol. The number of nitrogens with one attached hydrogen (secondary N) is 1. The third-order valence-electron chi connectivity index (χ3n) is 5.79. The van der Waals surface area contributed by atoms with Crippen molar-refractivity contribution in [3.63, 3.8) is 0 Å². The van der Waals surface area contributed by atoms with E-state index in [2.05, 4.69) is 17.2 Å². The van der Waals surface area contributed by atoms with Crippen LogP contribution in [0.3, 0.4) is 0 Å². The Morgan fingerprint density at radius 2 is 1.90 bits per heavy atom. The smallest absolute Gasteiger partial charge is 0.338 e. The molecule has 0 amide bonds. The highest BCUT2D eigenvalue weighted by Gasteiger charge is 2.36. The summed E-state index contributed by atoms with van der Waals surface area (Å²) >= 11 is 13.8. The number of thioether (sulfide) groups is 1. The highest BCUT2D eigenvalue weighted by molar-refractivity contribution is 7.99. The van der Waals surface area contributed by atoms with Crippen molar-refractivity contribution in [3.05, 3.63) is 68.8 Å². The zero-order valence-electron chi connectivity index (χ0n) is 22.6. The van der Waals surface area contributed by atoms with Gasteiger partial charge in [-0.05, 0) is 69.5 Å². The number of benzene rings is 2. The lowest BCUT2D eigenvalue weighted by molar-refractivity contribution is -0.143. The Kier molecular flexibility index (Phi) is 9.69. The lowest BCUT2D eigenvalue weighted by Gasteiger charge is -2.29. The van der Waals surface area contributed by atoms with Crippen LogP contribution in [0.15, 0.2) is 52.8 Å². The largest absolute Gasteiger partial charge is 0.490 e. The highest BCUT2D eigenvalue weighted by atomic mass is 35.5. The maximum absolute atomic E-state index is 13.3. The SMILES string of the molecule is CCCSc1nc2n(n1)C(c1ccc(OCc3ccc(Cl)c(Cl)c3)c(OCC)c1)C(C(=O)OC(C)C)=C(C)N2. The van der Waals surface area contributed by atoms with Crippen LogP contribution in [-0.2, 0) is 16.1 Å². The van der Waals surface area contributed by atoms with Crippen molar-refractivity contribution in [3.8, 4) is 11.5 Å². The van der Waals surface area contributed by atoms with E-state index in [4.69, 9.17) is 42.5 Å². The minimum atomic E-state index is -0.570. The molecule has 2 aromatic carbocycles. The van der Waals surface area contributed by atoms with E-state index in [1.807, 2.05) is 52.0 Å². The Bertz CT molecular complexity index is 1380. The highest BCUT2D eigenvalue weighted by Crippen LogP contribution is 2.40. The molecule has 1 aromatic heterocycles. The van der Waals surface area contributed by atoms with Gasteiger partial charge in [0.2, 0.25) is 11.1 Å². The van der Waals surface area contributed by atoms with Crippen molar-refractivity contribution in [2.24, 2.45) is 0 Å². The lowest BCUT2D eigenvalue weighted by atomic mass is 9.95. The van der Waals surface area contributed by atoms with Gasteiger partial charge in [0.25, 0.3) is 0 Å². The number of esters is 1. The number of aromatic nitrogens is 3. The number of anilines is 1. The number of hydrogen-bond acceptors (Lipinski definition) is 8. The Labute approximate surface area is 243 Å². The summed E-state index contributed by atoms with van der Waals surface area (Å²) in [7, 11) is 0. The molecule has 3 aromatic rings. The number of halogens is 2. The normalized spacial score (nSPS) is 14.7. The molecule has 0 aliphatic carbocycles. The molecule has 0 fully saturated rings. The predicted molar refractivity (Wildman–Crippen MR) is 155 cm³/mol. The van der Waals surface area contributed by atoms with Gasteiger partial charge >= 0.3 is 5.97 Å². The summed E-state index contributed by atoms with van der Waals surface area (Å²) < 4.78 is 19.4. The number of carbonyl (C=O) groups is 1. The number of ether oxygens (including phenoxy) is 3. The van der Waals surface area contributed by atoms with Gasteiger partial charge in [0, 0.05) is 11.4 Å². The van der Waals surface area contributed by atoms with Crippen molar-refractivity contribution < 1.29 is 19.0 Å². The van der Waals surface area contributed by atoms with E-state index in [1.54, 1.807) is 28.6 Å². The van der Waals surface area contributed by atoms with Gasteiger partial charge in [-0.3, -0.25) is 0 Å². The molecule has 1 aliphatic rings. The van der Waals surface area contributed by atoms with E-state index in [0.29, 0.717) is 50.5 Å². The summed E-state index contributed by atoms with van der Waals surface area (Å²) in [6, 6.07) is 10.4. The fourth-order valence-electron chi connectivity index (χ4n) is 4.11. The van der Waals surface area contributed by atoms with Crippen LogP contribution in [0.4, 0.5) is 5.95 Å². The molecule has 1 atom stereocenters. The number of nitrogens with zero attached hydrogens (tertiary/aromatic N) is 3. The summed E-state index contributed by atoms with van der Waals surface area (Å²) in [6.07, 6.45) is 0.721. The van der Waals surface area contributed by atoms with Gasteiger partial charge in [0.15, 0.2) is 11.5 Å². The van der Waals surface area contributed by atoms with Crippen LogP contribution in [-0.4, -0.2) is 39.2 Å². The van der Waals surface area contributed by atoms with E-state index in [0.717, 1.165) is 23.3 Å². The first-order chi connectivity index (χ1) is 18.7. The first-order valence-corrected chi connectivity index (χ1v) is 14.6. The van der Waals surface area contributed by atoms with Crippen molar-refractivity contribution in [1.82, 2.24) is 14.8 Å². The lowest BCUT2D eigenvalue weighted by Crippen LogP contribution is -2.30. The first-order valence-electron chi connectivity index (χ1n) is 12.8. The summed E-state index contributed by atoms with van der Waals surface area (Å²) in [6.45, 7) is 10.2. The van der Waals surface area contributed by atoms with Gasteiger partial charge in [-0.25, -0.2) is 9.48 Å². The molecule has 0 radical (unpaired) electrons. The second-order valence-electron chi connectivity index (χ2n) is 9.21. The standard InChI is InChI=1S/C28H32Cl2N4O4S/c1-6-12-39-28-32-27-31-17(5)24(26(35)38-16(3)4)25(34(27)33-28)19-9-11-22(23(14-19)36-7-2)37-15-18-8-10-20(29)21(30)13-18/h8-11,13-14,16,25H,6-7,12,15H2,1-5H3,(H,31,32,33). The molecule has 8 nitrogen and oxygen atoms in total. The summed E-state index contributed by atoms with van der Waals surface area (Å²) in [5, 5.41) is 9.58. The summed E-state index contributed by atoms with van der Waals surface area (Å²) in [4.78, 5) is 18.0. The van der Waals surface area contributed by atoms with Gasteiger partial charge in [0.1, 0.15) is 12.6 Å². The third kappa shape index (κ3) is 6.83. The number of fused-ring (bicyclic) bond motifs is 1. The zero-order valence-corrected chi connectivity index (χ0v) is 24.9. The average Bonchev–Trinajstić information content (AvgIpc) is 3.29. The van der Waals surface area contributed by atoms with E-state index in [9.17, 15) is 4.79 Å². The van der Waals surface area contributed by atoms with Crippen LogP contribution < -0.4 is 14.8 Å². The molecule has 1 N–H and O–H groups in total. The number of hydrogen-bond donors (Lipinski definition) is 1. The fraction of sp³-hybridized carbons (Fsp3) is 0.393. The van der Waals surface area contributed by atoms with Crippen LogP contribution in [0.2, 0.25) is 10.0 Å². The molecular weight excluding hydrogens is 559 g/mol. The Morgan fingerprint density at radius 1 is 1.10 bits per heavy atom. The molecule has 2 heterocycles. The average molecular weight is 592 g/mol. The van der Waals surface area contributed by atoms with E-state index >= 15 is 0 Å². The molecule has 0 saturated carbocycles. The van der Waals surface area contributed by atoms with Crippen molar-refractivity contribution in [2.45, 2.75) is 64.9 Å². The van der Waals surface area contributed by atoms with Gasteiger partial charge in [-0.15, -0.1) is 5.10 Å². The van der Waals surface area contributed by atoms with E-state index in [1.165, 1.54) is 0 Å². The quantitative estimate of drug-likeness (QED) is 0.184. The minimum absolute atomic E-state index is 0.276. The maximum atomic E-state index is 13.3. The summed E-state index contributed by atoms with van der Waals surface area (Å²) in [5.41, 5.74) is 2.78. The first kappa shape index (κ1) is 29.1. The molecule has 0 spiro atoms. The molecule has 1 unspecified atom stereocenters. The van der Waals surface area contributed by atoms with Crippen LogP contribution in [0, 0.1) is 0 Å². The van der Waals surface area contributed by atoms with Gasteiger partial charge in [0.05, 0.1) is 28.3 Å². The topological polar surface area (TPSA) is 87.5 Å². The van der Waals surface area contributed by atoms with E-state index in [-0.39, 0.29) is 12.7 Å². The molecule has 11 heteroatoms. The molecular formula is C28H32Cl2N4O4S. The maximum Gasteiger partial charge on any atom is 0.338 e. The Balaban J connectivity index is 1.72. The molecule has 0 bridgehead atoms. The third-order valence-corrected chi connectivity index (χ3v) is 7.58. The fourth-order valence-corrected chi connectivity index (χ4v) is 5.11. The molecule has 208 valence electrons. The molecule has 1 aliphatic heterocycles. The molecule has 0 saturated heterocycles.